The minimum absolute atomic E-state index is 0.183. The number of anilines is 1. The van der Waals surface area contributed by atoms with E-state index in [-0.39, 0.29) is 18.3 Å². The van der Waals surface area contributed by atoms with Gasteiger partial charge in [0, 0.05) is 21.8 Å². The highest BCUT2D eigenvalue weighted by Gasteiger charge is 2.15. The minimum Gasteiger partial charge on any atom is -0.486 e. The molecule has 33 heavy (non-hydrogen) atoms. The highest BCUT2D eigenvalue weighted by atomic mass is 35.5. The number of ether oxygens (including phenoxy) is 1. The molecule has 8 heteroatoms. The SMILES string of the molecule is CCc1ccc(OCc2ccc(C(=O)Nc3cc(C)n(Cc4ccc(Cl)cc4Cl)n3)o2)cc1. The van der Waals surface area contributed by atoms with Gasteiger partial charge < -0.3 is 14.5 Å². The Morgan fingerprint density at radius 3 is 2.61 bits per heavy atom. The van der Waals surface area contributed by atoms with E-state index in [0.29, 0.717) is 28.2 Å². The number of carbonyl (C=O) groups excluding carboxylic acids is 1. The molecule has 6 nitrogen and oxygen atoms in total. The van der Waals surface area contributed by atoms with Gasteiger partial charge in [-0.1, -0.05) is 48.3 Å². The fourth-order valence-electron chi connectivity index (χ4n) is 3.27. The predicted octanol–water partition coefficient (Wildman–Crippen LogP) is 6.53. The van der Waals surface area contributed by atoms with E-state index in [1.54, 1.807) is 35.0 Å². The largest absolute Gasteiger partial charge is 0.486 e. The van der Waals surface area contributed by atoms with Gasteiger partial charge in [0.25, 0.3) is 5.91 Å². The van der Waals surface area contributed by atoms with Gasteiger partial charge in [-0.15, -0.1) is 0 Å². The number of hydrogen-bond donors (Lipinski definition) is 1. The number of amides is 1. The average molecular weight is 484 g/mol. The van der Waals surface area contributed by atoms with Crippen LogP contribution in [0.1, 0.15) is 40.1 Å². The summed E-state index contributed by atoms with van der Waals surface area (Å²) in [5.41, 5.74) is 3.00. The molecule has 0 aliphatic heterocycles. The van der Waals surface area contributed by atoms with Crippen molar-refractivity contribution < 1.29 is 13.9 Å². The lowest BCUT2D eigenvalue weighted by Crippen LogP contribution is -2.12. The molecular weight excluding hydrogens is 461 g/mol. The third-order valence-electron chi connectivity index (χ3n) is 5.16. The predicted molar refractivity (Wildman–Crippen MR) is 129 cm³/mol. The summed E-state index contributed by atoms with van der Waals surface area (Å²) < 4.78 is 13.1. The average Bonchev–Trinajstić information content (AvgIpc) is 3.41. The summed E-state index contributed by atoms with van der Waals surface area (Å²) in [6, 6.07) is 18.4. The van der Waals surface area contributed by atoms with E-state index in [1.807, 2.05) is 37.3 Å². The normalized spacial score (nSPS) is 10.9. The Morgan fingerprint density at radius 1 is 1.09 bits per heavy atom. The number of benzene rings is 2. The molecule has 0 unspecified atom stereocenters. The first-order valence-corrected chi connectivity index (χ1v) is 11.3. The summed E-state index contributed by atoms with van der Waals surface area (Å²) in [5.74, 6) is 1.52. The highest BCUT2D eigenvalue weighted by Crippen LogP contribution is 2.23. The lowest BCUT2D eigenvalue weighted by atomic mass is 10.2. The number of nitrogens with zero attached hydrogens (tertiary/aromatic N) is 2. The van der Waals surface area contributed by atoms with E-state index in [4.69, 9.17) is 32.4 Å². The second kappa shape index (κ2) is 10.1. The molecule has 2 aromatic carbocycles. The first kappa shape index (κ1) is 23.0. The standard InChI is InChI=1S/C25H23Cl2N3O3/c1-3-17-4-8-20(9-5-17)32-15-21-10-11-23(33-21)25(31)28-24-12-16(2)30(29-24)14-18-6-7-19(26)13-22(18)27/h4-13H,3,14-15H2,1-2H3,(H,28,29,31). The molecule has 0 atom stereocenters. The zero-order chi connectivity index (χ0) is 23.4. The Morgan fingerprint density at radius 2 is 1.88 bits per heavy atom. The minimum atomic E-state index is -0.386. The second-order valence-electron chi connectivity index (χ2n) is 7.57. The summed E-state index contributed by atoms with van der Waals surface area (Å²) in [5, 5.41) is 8.37. The van der Waals surface area contributed by atoms with Crippen LogP contribution in [-0.2, 0) is 19.6 Å². The van der Waals surface area contributed by atoms with Crippen LogP contribution in [0.15, 0.2) is 65.1 Å². The molecule has 170 valence electrons. The summed E-state index contributed by atoms with van der Waals surface area (Å²) in [6.45, 7) is 4.70. The molecule has 2 heterocycles. The Kier molecular flexibility index (Phi) is 7.06. The zero-order valence-corrected chi connectivity index (χ0v) is 19.8. The monoisotopic (exact) mass is 483 g/mol. The van der Waals surface area contributed by atoms with Crippen molar-refractivity contribution in [1.29, 1.82) is 0 Å². The van der Waals surface area contributed by atoms with E-state index in [0.717, 1.165) is 23.4 Å². The summed E-state index contributed by atoms with van der Waals surface area (Å²) >= 11 is 12.2. The van der Waals surface area contributed by atoms with Crippen molar-refractivity contribution in [3.63, 3.8) is 0 Å². The van der Waals surface area contributed by atoms with E-state index < -0.39 is 0 Å². The topological polar surface area (TPSA) is 69.3 Å². The molecule has 0 fully saturated rings. The summed E-state index contributed by atoms with van der Waals surface area (Å²) in [4.78, 5) is 12.6. The molecule has 1 amide bonds. The molecule has 1 N–H and O–H groups in total. The third-order valence-corrected chi connectivity index (χ3v) is 5.74. The van der Waals surface area contributed by atoms with E-state index in [9.17, 15) is 4.79 Å². The van der Waals surface area contributed by atoms with Crippen LogP contribution in [0.3, 0.4) is 0 Å². The van der Waals surface area contributed by atoms with Gasteiger partial charge in [-0.05, 0) is 60.9 Å². The van der Waals surface area contributed by atoms with Gasteiger partial charge in [-0.3, -0.25) is 9.48 Å². The van der Waals surface area contributed by atoms with Crippen molar-refractivity contribution in [2.75, 3.05) is 5.32 Å². The summed E-state index contributed by atoms with van der Waals surface area (Å²) in [6.07, 6.45) is 0.976. The van der Waals surface area contributed by atoms with E-state index in [1.165, 1.54) is 5.56 Å². The zero-order valence-electron chi connectivity index (χ0n) is 18.3. The smallest absolute Gasteiger partial charge is 0.292 e. The number of halogens is 2. The van der Waals surface area contributed by atoms with E-state index >= 15 is 0 Å². The van der Waals surface area contributed by atoms with Gasteiger partial charge in [0.2, 0.25) is 0 Å². The quantitative estimate of drug-likeness (QED) is 0.309. The Labute approximate surface area is 202 Å². The molecule has 0 aliphatic rings. The second-order valence-corrected chi connectivity index (χ2v) is 8.41. The molecule has 0 spiro atoms. The molecule has 0 bridgehead atoms. The fourth-order valence-corrected chi connectivity index (χ4v) is 3.74. The van der Waals surface area contributed by atoms with Gasteiger partial charge >= 0.3 is 0 Å². The molecule has 0 aliphatic carbocycles. The van der Waals surface area contributed by atoms with Gasteiger partial charge in [0.1, 0.15) is 18.1 Å². The number of nitrogens with one attached hydrogen (secondary N) is 1. The molecule has 0 saturated heterocycles. The first-order chi connectivity index (χ1) is 15.9. The van der Waals surface area contributed by atoms with Crippen LogP contribution in [0.4, 0.5) is 5.82 Å². The van der Waals surface area contributed by atoms with Crippen LogP contribution in [-0.4, -0.2) is 15.7 Å². The van der Waals surface area contributed by atoms with Crippen molar-refractivity contribution in [3.05, 3.63) is 99.1 Å². The maximum atomic E-state index is 12.6. The van der Waals surface area contributed by atoms with Crippen molar-refractivity contribution in [1.82, 2.24) is 9.78 Å². The van der Waals surface area contributed by atoms with Crippen molar-refractivity contribution in [3.8, 4) is 5.75 Å². The van der Waals surface area contributed by atoms with Gasteiger partial charge in [-0.25, -0.2) is 0 Å². The van der Waals surface area contributed by atoms with Crippen LogP contribution in [0, 0.1) is 6.92 Å². The molecule has 2 aromatic heterocycles. The molecular formula is C25H23Cl2N3O3. The number of aromatic nitrogens is 2. The van der Waals surface area contributed by atoms with Crippen molar-refractivity contribution in [2.24, 2.45) is 0 Å². The third kappa shape index (κ3) is 5.78. The number of furan rings is 1. The van der Waals surface area contributed by atoms with E-state index in [2.05, 4.69) is 17.3 Å². The van der Waals surface area contributed by atoms with Crippen LogP contribution in [0.2, 0.25) is 10.0 Å². The summed E-state index contributed by atoms with van der Waals surface area (Å²) in [7, 11) is 0. The Bertz CT molecular complexity index is 1260. The Balaban J connectivity index is 1.36. The molecule has 4 aromatic rings. The van der Waals surface area contributed by atoms with Crippen LogP contribution in [0.25, 0.3) is 0 Å². The number of hydrogen-bond acceptors (Lipinski definition) is 4. The van der Waals surface area contributed by atoms with Crippen molar-refractivity contribution >= 4 is 34.9 Å². The highest BCUT2D eigenvalue weighted by molar-refractivity contribution is 6.35. The maximum absolute atomic E-state index is 12.6. The van der Waals surface area contributed by atoms with Crippen LogP contribution >= 0.6 is 23.2 Å². The lowest BCUT2D eigenvalue weighted by Gasteiger charge is -2.07. The lowest BCUT2D eigenvalue weighted by molar-refractivity contribution is 0.0992. The molecule has 0 radical (unpaired) electrons. The number of carbonyl (C=O) groups is 1. The van der Waals surface area contributed by atoms with Gasteiger partial charge in [0.05, 0.1) is 6.54 Å². The number of aryl methyl sites for hydroxylation is 2. The van der Waals surface area contributed by atoms with Crippen molar-refractivity contribution in [2.45, 2.75) is 33.4 Å². The maximum Gasteiger partial charge on any atom is 0.292 e. The molecule has 4 rings (SSSR count). The number of rotatable bonds is 8. The van der Waals surface area contributed by atoms with Gasteiger partial charge in [-0.2, -0.15) is 5.10 Å². The molecule has 0 saturated carbocycles. The van der Waals surface area contributed by atoms with Crippen LogP contribution < -0.4 is 10.1 Å². The fraction of sp³-hybridized carbons (Fsp3) is 0.200. The first-order valence-electron chi connectivity index (χ1n) is 10.5. The Hall–Kier alpha value is -3.22. The van der Waals surface area contributed by atoms with Crippen LogP contribution in [0.5, 0.6) is 5.75 Å². The van der Waals surface area contributed by atoms with Gasteiger partial charge in [0.15, 0.2) is 11.6 Å².